The third kappa shape index (κ3) is 2.36. The summed E-state index contributed by atoms with van der Waals surface area (Å²) in [6, 6.07) is 8.31. The number of ether oxygens (including phenoxy) is 2. The van der Waals surface area contributed by atoms with Crippen molar-refractivity contribution in [3.63, 3.8) is 0 Å². The molecule has 1 aromatic heterocycles. The predicted molar refractivity (Wildman–Crippen MR) is 81.3 cm³/mol. The number of nitrogens with zero attached hydrogens (tertiary/aromatic N) is 1. The lowest BCUT2D eigenvalue weighted by molar-refractivity contribution is 0.356. The van der Waals surface area contributed by atoms with Crippen molar-refractivity contribution in [2.45, 2.75) is 0 Å². The molecule has 0 spiro atoms. The SMILES string of the molecule is COc1cc2nc(-c3cc(O)ccc3Cl)[nH]c2cc1OC. The molecule has 6 heteroatoms. The summed E-state index contributed by atoms with van der Waals surface area (Å²) < 4.78 is 10.5. The van der Waals surface area contributed by atoms with Gasteiger partial charge in [-0.2, -0.15) is 0 Å². The number of nitrogens with one attached hydrogen (secondary N) is 1. The molecule has 0 aliphatic rings. The zero-order valence-corrected chi connectivity index (χ0v) is 12.2. The summed E-state index contributed by atoms with van der Waals surface area (Å²) in [5.41, 5.74) is 2.15. The van der Waals surface area contributed by atoms with E-state index < -0.39 is 0 Å². The van der Waals surface area contributed by atoms with Gasteiger partial charge in [-0.15, -0.1) is 0 Å². The maximum Gasteiger partial charge on any atom is 0.163 e. The van der Waals surface area contributed by atoms with Gasteiger partial charge in [-0.1, -0.05) is 11.6 Å². The van der Waals surface area contributed by atoms with Crippen molar-refractivity contribution in [1.82, 2.24) is 9.97 Å². The Balaban J connectivity index is 2.19. The van der Waals surface area contributed by atoms with Gasteiger partial charge in [-0.3, -0.25) is 0 Å². The monoisotopic (exact) mass is 304 g/mol. The van der Waals surface area contributed by atoms with Crippen LogP contribution >= 0.6 is 11.6 Å². The molecule has 0 atom stereocenters. The number of imidazole rings is 1. The first-order valence-corrected chi connectivity index (χ1v) is 6.61. The molecule has 0 aliphatic carbocycles. The number of phenols is 1. The highest BCUT2D eigenvalue weighted by molar-refractivity contribution is 6.33. The smallest absolute Gasteiger partial charge is 0.163 e. The van der Waals surface area contributed by atoms with E-state index >= 15 is 0 Å². The van der Waals surface area contributed by atoms with Crippen molar-refractivity contribution in [1.29, 1.82) is 0 Å². The summed E-state index contributed by atoms with van der Waals surface area (Å²) in [7, 11) is 3.15. The molecule has 3 rings (SSSR count). The minimum Gasteiger partial charge on any atom is -0.508 e. The third-order valence-corrected chi connectivity index (χ3v) is 3.52. The van der Waals surface area contributed by atoms with Crippen molar-refractivity contribution in [3.05, 3.63) is 35.4 Å². The molecular formula is C15H13ClN2O3. The molecule has 0 bridgehead atoms. The summed E-state index contributed by atoms with van der Waals surface area (Å²) in [5.74, 6) is 1.92. The standard InChI is InChI=1S/C15H13ClN2O3/c1-20-13-6-11-12(7-14(13)21-2)18-15(17-11)9-5-8(19)3-4-10(9)16/h3-7,19H,1-2H3,(H,17,18). The first-order valence-electron chi connectivity index (χ1n) is 6.23. The van der Waals surface area contributed by atoms with Crippen LogP contribution in [0.3, 0.4) is 0 Å². The van der Waals surface area contributed by atoms with Crippen LogP contribution in [0.5, 0.6) is 17.2 Å². The molecule has 0 saturated carbocycles. The lowest BCUT2D eigenvalue weighted by Crippen LogP contribution is -1.89. The second kappa shape index (κ2) is 5.18. The molecule has 5 nitrogen and oxygen atoms in total. The van der Waals surface area contributed by atoms with Crippen LogP contribution in [-0.2, 0) is 0 Å². The number of H-pyrrole nitrogens is 1. The van der Waals surface area contributed by atoms with Crippen LogP contribution in [0.25, 0.3) is 22.4 Å². The second-order valence-electron chi connectivity index (χ2n) is 4.47. The highest BCUT2D eigenvalue weighted by atomic mass is 35.5. The normalized spacial score (nSPS) is 10.8. The minimum atomic E-state index is 0.130. The number of rotatable bonds is 3. The van der Waals surface area contributed by atoms with Crippen LogP contribution in [0.4, 0.5) is 0 Å². The highest BCUT2D eigenvalue weighted by Crippen LogP contribution is 2.34. The van der Waals surface area contributed by atoms with Crippen LogP contribution < -0.4 is 9.47 Å². The van der Waals surface area contributed by atoms with Crippen LogP contribution in [0.15, 0.2) is 30.3 Å². The van der Waals surface area contributed by atoms with Crippen molar-refractivity contribution < 1.29 is 14.6 Å². The Bertz CT molecular complexity index is 773. The Labute approximate surface area is 126 Å². The largest absolute Gasteiger partial charge is 0.508 e. The van der Waals surface area contributed by atoms with Gasteiger partial charge < -0.3 is 19.6 Å². The van der Waals surface area contributed by atoms with Crippen molar-refractivity contribution in [2.75, 3.05) is 14.2 Å². The Morgan fingerprint density at radius 1 is 1.10 bits per heavy atom. The number of aromatic amines is 1. The minimum absolute atomic E-state index is 0.130. The molecule has 0 radical (unpaired) electrons. The number of phenolic OH excluding ortho intramolecular Hbond substituents is 1. The van der Waals surface area contributed by atoms with E-state index in [0.29, 0.717) is 27.9 Å². The van der Waals surface area contributed by atoms with E-state index in [4.69, 9.17) is 21.1 Å². The lowest BCUT2D eigenvalue weighted by atomic mass is 10.2. The van der Waals surface area contributed by atoms with Crippen LogP contribution in [0.1, 0.15) is 0 Å². The zero-order chi connectivity index (χ0) is 15.0. The number of aromatic hydroxyl groups is 1. The number of aromatic nitrogens is 2. The van der Waals surface area contributed by atoms with E-state index in [-0.39, 0.29) is 5.75 Å². The molecule has 2 N–H and O–H groups in total. The van der Waals surface area contributed by atoms with Crippen molar-refractivity contribution in [2.24, 2.45) is 0 Å². The molecular weight excluding hydrogens is 292 g/mol. The molecule has 2 aromatic carbocycles. The Kier molecular flexibility index (Phi) is 3.35. The second-order valence-corrected chi connectivity index (χ2v) is 4.88. The molecule has 21 heavy (non-hydrogen) atoms. The summed E-state index contributed by atoms with van der Waals surface area (Å²) in [4.78, 5) is 7.65. The Morgan fingerprint density at radius 2 is 1.81 bits per heavy atom. The molecule has 108 valence electrons. The average molecular weight is 305 g/mol. The molecule has 0 fully saturated rings. The predicted octanol–water partition coefficient (Wildman–Crippen LogP) is 3.61. The molecule has 1 heterocycles. The van der Waals surface area contributed by atoms with Gasteiger partial charge in [0, 0.05) is 17.7 Å². The number of hydrogen-bond donors (Lipinski definition) is 2. The Morgan fingerprint density at radius 3 is 2.52 bits per heavy atom. The van der Waals surface area contributed by atoms with E-state index in [1.165, 1.54) is 6.07 Å². The van der Waals surface area contributed by atoms with Gasteiger partial charge in [0.05, 0.1) is 30.3 Å². The number of fused-ring (bicyclic) bond motifs is 1. The summed E-state index contributed by atoms with van der Waals surface area (Å²) in [6.45, 7) is 0. The first-order chi connectivity index (χ1) is 10.1. The maximum absolute atomic E-state index is 9.60. The van der Waals surface area contributed by atoms with Gasteiger partial charge in [-0.05, 0) is 18.2 Å². The molecule has 0 saturated heterocycles. The highest BCUT2D eigenvalue weighted by Gasteiger charge is 2.13. The third-order valence-electron chi connectivity index (χ3n) is 3.19. The molecule has 3 aromatic rings. The summed E-state index contributed by atoms with van der Waals surface area (Å²) in [6.07, 6.45) is 0. The van der Waals surface area contributed by atoms with Gasteiger partial charge in [0.2, 0.25) is 0 Å². The van der Waals surface area contributed by atoms with Gasteiger partial charge in [0.15, 0.2) is 11.5 Å². The quantitative estimate of drug-likeness (QED) is 0.775. The number of hydrogen-bond acceptors (Lipinski definition) is 4. The van der Waals surface area contributed by atoms with E-state index in [1.54, 1.807) is 38.5 Å². The van der Waals surface area contributed by atoms with E-state index in [0.717, 1.165) is 11.0 Å². The molecule has 0 amide bonds. The number of methoxy groups -OCH3 is 2. The topological polar surface area (TPSA) is 67.4 Å². The van der Waals surface area contributed by atoms with Gasteiger partial charge >= 0.3 is 0 Å². The van der Waals surface area contributed by atoms with Crippen LogP contribution in [-0.4, -0.2) is 29.3 Å². The van der Waals surface area contributed by atoms with Gasteiger partial charge in [0.25, 0.3) is 0 Å². The van der Waals surface area contributed by atoms with Crippen molar-refractivity contribution in [3.8, 4) is 28.6 Å². The Hall–Kier alpha value is -2.40. The summed E-state index contributed by atoms with van der Waals surface area (Å²) in [5, 5.41) is 10.1. The average Bonchev–Trinajstić information content (AvgIpc) is 2.90. The van der Waals surface area contributed by atoms with Crippen LogP contribution in [0, 0.1) is 0 Å². The van der Waals surface area contributed by atoms with E-state index in [1.807, 2.05) is 0 Å². The lowest BCUT2D eigenvalue weighted by Gasteiger charge is -2.06. The van der Waals surface area contributed by atoms with E-state index in [9.17, 15) is 5.11 Å². The fourth-order valence-electron chi connectivity index (χ4n) is 2.16. The maximum atomic E-state index is 9.60. The fourth-order valence-corrected chi connectivity index (χ4v) is 2.37. The molecule has 0 unspecified atom stereocenters. The van der Waals surface area contributed by atoms with Gasteiger partial charge in [-0.25, -0.2) is 4.98 Å². The first kappa shape index (κ1) is 13.6. The number of benzene rings is 2. The zero-order valence-electron chi connectivity index (χ0n) is 11.5. The van der Waals surface area contributed by atoms with E-state index in [2.05, 4.69) is 9.97 Å². The summed E-state index contributed by atoms with van der Waals surface area (Å²) >= 11 is 6.15. The van der Waals surface area contributed by atoms with Crippen LogP contribution in [0.2, 0.25) is 5.02 Å². The van der Waals surface area contributed by atoms with Gasteiger partial charge in [0.1, 0.15) is 11.6 Å². The fraction of sp³-hybridized carbons (Fsp3) is 0.133. The van der Waals surface area contributed by atoms with Crippen molar-refractivity contribution >= 4 is 22.6 Å². The molecule has 0 aliphatic heterocycles. The number of halogens is 1.